The van der Waals surface area contributed by atoms with Crippen molar-refractivity contribution in [3.05, 3.63) is 77.6 Å². The fraction of sp³-hybridized carbons (Fsp3) is 0.261. The molecule has 0 unspecified atom stereocenters. The molecule has 1 heterocycles. The first-order valence-corrected chi connectivity index (χ1v) is 9.56. The van der Waals surface area contributed by atoms with Gasteiger partial charge in [-0.15, -0.1) is 0 Å². The maximum Gasteiger partial charge on any atom is 0.258 e. The van der Waals surface area contributed by atoms with Crippen LogP contribution in [0.4, 0.5) is 17.3 Å². The van der Waals surface area contributed by atoms with Gasteiger partial charge in [-0.1, -0.05) is 50.2 Å². The zero-order chi connectivity index (χ0) is 20.1. The van der Waals surface area contributed by atoms with Crippen molar-refractivity contribution in [1.82, 2.24) is 9.97 Å². The molecule has 1 amide bonds. The number of amides is 1. The van der Waals surface area contributed by atoms with Gasteiger partial charge in [0.1, 0.15) is 0 Å². The van der Waals surface area contributed by atoms with E-state index in [9.17, 15) is 4.79 Å². The van der Waals surface area contributed by atoms with E-state index in [1.165, 1.54) is 0 Å². The first-order chi connectivity index (χ1) is 13.5. The summed E-state index contributed by atoms with van der Waals surface area (Å²) in [6.07, 6.45) is 3.16. The van der Waals surface area contributed by atoms with Gasteiger partial charge in [-0.2, -0.15) is 0 Å². The first kappa shape index (κ1) is 19.5. The van der Waals surface area contributed by atoms with Crippen LogP contribution in [0.5, 0.6) is 0 Å². The van der Waals surface area contributed by atoms with Gasteiger partial charge in [0.2, 0.25) is 5.95 Å². The van der Waals surface area contributed by atoms with Crippen LogP contribution in [-0.4, -0.2) is 22.4 Å². The lowest BCUT2D eigenvalue weighted by Gasteiger charge is -2.21. The van der Waals surface area contributed by atoms with Gasteiger partial charge in [0.05, 0.1) is 5.56 Å². The molecule has 3 aromatic rings. The van der Waals surface area contributed by atoms with Gasteiger partial charge in [0, 0.05) is 30.3 Å². The van der Waals surface area contributed by atoms with Crippen molar-refractivity contribution in [3.63, 3.8) is 0 Å². The second-order valence-corrected chi connectivity index (χ2v) is 7.00. The predicted octanol–water partition coefficient (Wildman–Crippen LogP) is 5.32. The molecule has 0 atom stereocenters. The normalized spacial score (nSPS) is 10.8. The molecule has 1 aromatic heterocycles. The molecule has 3 rings (SSSR count). The van der Waals surface area contributed by atoms with E-state index in [1.54, 1.807) is 12.4 Å². The Morgan fingerprint density at radius 2 is 1.71 bits per heavy atom. The Balaban J connectivity index is 1.82. The van der Waals surface area contributed by atoms with Crippen molar-refractivity contribution >= 4 is 23.2 Å². The maximum atomic E-state index is 12.8. The zero-order valence-electron chi connectivity index (χ0n) is 16.8. The van der Waals surface area contributed by atoms with Crippen LogP contribution in [0.15, 0.2) is 60.9 Å². The molecule has 0 aliphatic rings. The molecule has 0 fully saturated rings. The third-order valence-electron chi connectivity index (χ3n) is 4.69. The maximum absolute atomic E-state index is 12.8. The summed E-state index contributed by atoms with van der Waals surface area (Å²) in [7, 11) is 0. The van der Waals surface area contributed by atoms with Crippen molar-refractivity contribution in [2.75, 3.05) is 16.8 Å². The number of aryl methyl sites for hydroxylation is 1. The Morgan fingerprint density at radius 3 is 2.32 bits per heavy atom. The predicted molar refractivity (Wildman–Crippen MR) is 114 cm³/mol. The Hall–Kier alpha value is -3.21. The summed E-state index contributed by atoms with van der Waals surface area (Å²) in [6, 6.07) is 16.0. The molecule has 5 nitrogen and oxygen atoms in total. The highest BCUT2D eigenvalue weighted by Crippen LogP contribution is 2.28. The minimum atomic E-state index is -0.203. The van der Waals surface area contributed by atoms with E-state index >= 15 is 0 Å². The van der Waals surface area contributed by atoms with E-state index in [1.807, 2.05) is 67.3 Å². The molecule has 0 saturated heterocycles. The van der Waals surface area contributed by atoms with Crippen LogP contribution in [0.1, 0.15) is 48.2 Å². The second-order valence-electron chi connectivity index (χ2n) is 7.00. The Labute approximate surface area is 166 Å². The lowest BCUT2D eigenvalue weighted by molar-refractivity contribution is 0.102. The van der Waals surface area contributed by atoms with Gasteiger partial charge in [0.25, 0.3) is 5.91 Å². The summed E-state index contributed by atoms with van der Waals surface area (Å²) in [5, 5.41) is 3.04. The molecule has 144 valence electrons. The van der Waals surface area contributed by atoms with Crippen LogP contribution in [-0.2, 0) is 0 Å². The number of rotatable bonds is 6. The summed E-state index contributed by atoms with van der Waals surface area (Å²) in [5.74, 6) is 0.687. The van der Waals surface area contributed by atoms with Crippen LogP contribution in [0.2, 0.25) is 0 Å². The Kier molecular flexibility index (Phi) is 6.04. The summed E-state index contributed by atoms with van der Waals surface area (Å²) in [5.41, 5.74) is 4.48. The fourth-order valence-electron chi connectivity index (χ4n) is 3.15. The molecule has 0 radical (unpaired) electrons. The molecule has 1 N–H and O–H groups in total. The standard InChI is InChI=1S/C23H26N4O/c1-5-27(19-11-7-6-8-12-19)23-24-14-18(15-25-23)22(28)26-21-17(4)10-9-13-20(21)16(2)3/h6-16H,5H2,1-4H3,(H,26,28). The summed E-state index contributed by atoms with van der Waals surface area (Å²) >= 11 is 0. The fourth-order valence-corrected chi connectivity index (χ4v) is 3.15. The molecule has 5 heteroatoms. The average Bonchev–Trinajstić information content (AvgIpc) is 2.71. The summed E-state index contributed by atoms with van der Waals surface area (Å²) in [6.45, 7) is 9.01. The number of aromatic nitrogens is 2. The molecule has 2 aromatic carbocycles. The Morgan fingerprint density at radius 1 is 1.04 bits per heavy atom. The minimum absolute atomic E-state index is 0.203. The lowest BCUT2D eigenvalue weighted by atomic mass is 9.98. The molecule has 0 aliphatic carbocycles. The topological polar surface area (TPSA) is 58.1 Å². The molecular weight excluding hydrogens is 348 g/mol. The van der Waals surface area contributed by atoms with Crippen molar-refractivity contribution in [3.8, 4) is 0 Å². The third kappa shape index (κ3) is 4.19. The van der Waals surface area contributed by atoms with Crippen LogP contribution < -0.4 is 10.2 Å². The van der Waals surface area contributed by atoms with Crippen molar-refractivity contribution in [2.24, 2.45) is 0 Å². The number of benzene rings is 2. The average molecular weight is 374 g/mol. The van der Waals surface area contributed by atoms with Gasteiger partial charge < -0.3 is 10.2 Å². The second kappa shape index (κ2) is 8.65. The summed E-state index contributed by atoms with van der Waals surface area (Å²) < 4.78 is 0. The van der Waals surface area contributed by atoms with Crippen LogP contribution in [0, 0.1) is 6.92 Å². The van der Waals surface area contributed by atoms with E-state index in [0.29, 0.717) is 17.4 Å². The number of hydrogen-bond donors (Lipinski definition) is 1. The van der Waals surface area contributed by atoms with Crippen LogP contribution in [0.3, 0.4) is 0 Å². The van der Waals surface area contributed by atoms with Crippen LogP contribution in [0.25, 0.3) is 0 Å². The molecule has 0 aliphatic heterocycles. The highest BCUT2D eigenvalue weighted by Gasteiger charge is 2.15. The number of nitrogens with one attached hydrogen (secondary N) is 1. The van der Waals surface area contributed by atoms with Crippen molar-refractivity contribution in [1.29, 1.82) is 0 Å². The molecular formula is C23H26N4O. The summed E-state index contributed by atoms with van der Waals surface area (Å²) in [4.78, 5) is 23.6. The van der Waals surface area contributed by atoms with Gasteiger partial charge in [-0.05, 0) is 43.0 Å². The smallest absolute Gasteiger partial charge is 0.258 e. The van der Waals surface area contributed by atoms with Crippen LogP contribution >= 0.6 is 0 Å². The zero-order valence-corrected chi connectivity index (χ0v) is 16.8. The molecule has 0 bridgehead atoms. The molecule has 28 heavy (non-hydrogen) atoms. The van der Waals surface area contributed by atoms with E-state index in [0.717, 1.165) is 29.0 Å². The van der Waals surface area contributed by atoms with E-state index in [-0.39, 0.29) is 5.91 Å². The number of para-hydroxylation sites is 2. The lowest BCUT2D eigenvalue weighted by Crippen LogP contribution is -2.20. The largest absolute Gasteiger partial charge is 0.321 e. The van der Waals surface area contributed by atoms with Gasteiger partial charge >= 0.3 is 0 Å². The number of carbonyl (C=O) groups is 1. The van der Waals surface area contributed by atoms with E-state index in [2.05, 4.69) is 29.1 Å². The monoisotopic (exact) mass is 374 g/mol. The number of hydrogen-bond acceptors (Lipinski definition) is 4. The quantitative estimate of drug-likeness (QED) is 0.634. The Bertz CT molecular complexity index is 937. The van der Waals surface area contributed by atoms with Crippen molar-refractivity contribution in [2.45, 2.75) is 33.6 Å². The van der Waals surface area contributed by atoms with E-state index in [4.69, 9.17) is 0 Å². The minimum Gasteiger partial charge on any atom is -0.321 e. The van der Waals surface area contributed by atoms with Crippen molar-refractivity contribution < 1.29 is 4.79 Å². The third-order valence-corrected chi connectivity index (χ3v) is 4.69. The van der Waals surface area contributed by atoms with Gasteiger partial charge in [-0.3, -0.25) is 4.79 Å². The molecule has 0 spiro atoms. The van der Waals surface area contributed by atoms with E-state index < -0.39 is 0 Å². The molecule has 0 saturated carbocycles. The highest BCUT2D eigenvalue weighted by atomic mass is 16.1. The SMILES string of the molecule is CCN(c1ccccc1)c1ncc(C(=O)Nc2c(C)cccc2C(C)C)cn1. The first-order valence-electron chi connectivity index (χ1n) is 9.56. The number of anilines is 3. The highest BCUT2D eigenvalue weighted by molar-refractivity contribution is 6.04. The van der Waals surface area contributed by atoms with Gasteiger partial charge in [0.15, 0.2) is 0 Å². The number of nitrogens with zero attached hydrogens (tertiary/aromatic N) is 3. The number of carbonyl (C=O) groups excluding carboxylic acids is 1. The van der Waals surface area contributed by atoms with Gasteiger partial charge in [-0.25, -0.2) is 9.97 Å².